The number of carbonyl (C=O) groups excluding carboxylic acids is 3. The first-order valence-electron chi connectivity index (χ1n) is 8.14. The Kier molecular flexibility index (Phi) is 7.39. The number of nitriles is 1. The first-order chi connectivity index (χ1) is 12.6. The van der Waals surface area contributed by atoms with Crippen molar-refractivity contribution in [2.24, 2.45) is 0 Å². The maximum Gasteiger partial charge on any atom is 0.276 e. The predicted octanol–water partition coefficient (Wildman–Crippen LogP) is -0.277. The first-order valence-corrected chi connectivity index (χ1v) is 8.14. The van der Waals surface area contributed by atoms with Crippen molar-refractivity contribution in [3.63, 3.8) is 0 Å². The van der Waals surface area contributed by atoms with Gasteiger partial charge in [0.05, 0.1) is 24.8 Å². The van der Waals surface area contributed by atoms with Crippen molar-refractivity contribution in [2.45, 2.75) is 12.8 Å². The summed E-state index contributed by atoms with van der Waals surface area (Å²) < 4.78 is 10.4. The fraction of sp³-hybridized carbons (Fsp3) is 0.412. The van der Waals surface area contributed by atoms with Gasteiger partial charge in [-0.1, -0.05) is 0 Å². The summed E-state index contributed by atoms with van der Waals surface area (Å²) in [5.41, 5.74) is 4.94. The molecule has 0 atom stereocenters. The van der Waals surface area contributed by atoms with Crippen molar-refractivity contribution >= 4 is 17.7 Å². The Morgan fingerprint density at radius 3 is 2.38 bits per heavy atom. The van der Waals surface area contributed by atoms with Crippen molar-refractivity contribution in [3.8, 4) is 11.8 Å². The number of hydrazine groups is 1. The number of benzene rings is 1. The van der Waals surface area contributed by atoms with Crippen molar-refractivity contribution in [1.29, 1.82) is 5.26 Å². The van der Waals surface area contributed by atoms with Gasteiger partial charge in [0, 0.05) is 25.9 Å². The lowest BCUT2D eigenvalue weighted by molar-refractivity contribution is -0.137. The Hall–Kier alpha value is -3.12. The molecule has 3 amide bonds. The van der Waals surface area contributed by atoms with Crippen LogP contribution in [0.15, 0.2) is 24.3 Å². The molecule has 1 heterocycles. The fourth-order valence-corrected chi connectivity index (χ4v) is 2.20. The minimum atomic E-state index is -0.540. The van der Waals surface area contributed by atoms with Crippen LogP contribution in [0.3, 0.4) is 0 Å². The molecule has 138 valence electrons. The number of rotatable bonds is 6. The summed E-state index contributed by atoms with van der Waals surface area (Å²) in [6.45, 7) is 1.78. The van der Waals surface area contributed by atoms with E-state index in [1.807, 2.05) is 6.07 Å². The molecule has 0 aromatic heterocycles. The SMILES string of the molecule is N#Cc1ccc(OCC(=O)NNC(=O)CCC(=O)N2CCOCC2)cc1. The average Bonchev–Trinajstić information content (AvgIpc) is 2.69. The lowest BCUT2D eigenvalue weighted by Gasteiger charge is -2.26. The van der Waals surface area contributed by atoms with Gasteiger partial charge in [-0.15, -0.1) is 0 Å². The molecule has 1 saturated heterocycles. The number of carbonyl (C=O) groups is 3. The topological polar surface area (TPSA) is 121 Å². The number of morpholine rings is 1. The van der Waals surface area contributed by atoms with Crippen LogP contribution >= 0.6 is 0 Å². The van der Waals surface area contributed by atoms with Crippen molar-refractivity contribution < 1.29 is 23.9 Å². The number of hydrogen-bond donors (Lipinski definition) is 2. The van der Waals surface area contributed by atoms with Gasteiger partial charge in [0.1, 0.15) is 5.75 Å². The second-order valence-corrected chi connectivity index (χ2v) is 5.51. The van der Waals surface area contributed by atoms with Crippen LogP contribution in [0.1, 0.15) is 18.4 Å². The van der Waals surface area contributed by atoms with Crippen molar-refractivity contribution in [2.75, 3.05) is 32.9 Å². The highest BCUT2D eigenvalue weighted by molar-refractivity contribution is 5.86. The van der Waals surface area contributed by atoms with Gasteiger partial charge in [-0.2, -0.15) is 5.26 Å². The van der Waals surface area contributed by atoms with Gasteiger partial charge >= 0.3 is 0 Å². The molecule has 26 heavy (non-hydrogen) atoms. The monoisotopic (exact) mass is 360 g/mol. The normalized spacial score (nSPS) is 13.4. The Morgan fingerprint density at radius 2 is 1.73 bits per heavy atom. The maximum atomic E-state index is 11.9. The average molecular weight is 360 g/mol. The van der Waals surface area contributed by atoms with E-state index in [0.717, 1.165) is 0 Å². The maximum absolute atomic E-state index is 11.9. The van der Waals surface area contributed by atoms with Gasteiger partial charge in [-0.25, -0.2) is 0 Å². The zero-order chi connectivity index (χ0) is 18.8. The Balaban J connectivity index is 1.61. The van der Waals surface area contributed by atoms with Crippen LogP contribution in [-0.4, -0.2) is 55.5 Å². The number of nitrogens with one attached hydrogen (secondary N) is 2. The molecule has 1 aromatic rings. The van der Waals surface area contributed by atoms with E-state index in [9.17, 15) is 14.4 Å². The van der Waals surface area contributed by atoms with Gasteiger partial charge in [0.2, 0.25) is 11.8 Å². The summed E-state index contributed by atoms with van der Waals surface area (Å²) in [5.74, 6) is -0.680. The largest absolute Gasteiger partial charge is 0.484 e. The molecular weight excluding hydrogens is 340 g/mol. The highest BCUT2D eigenvalue weighted by Crippen LogP contribution is 2.11. The molecule has 0 radical (unpaired) electrons. The lowest BCUT2D eigenvalue weighted by atomic mass is 10.2. The van der Waals surface area contributed by atoms with Crippen LogP contribution in [0.5, 0.6) is 5.75 Å². The van der Waals surface area contributed by atoms with Crippen LogP contribution in [0.4, 0.5) is 0 Å². The summed E-state index contributed by atoms with van der Waals surface area (Å²) in [4.78, 5) is 36.9. The van der Waals surface area contributed by atoms with Crippen LogP contribution < -0.4 is 15.6 Å². The third-order valence-corrected chi connectivity index (χ3v) is 3.62. The summed E-state index contributed by atoms with van der Waals surface area (Å²) >= 11 is 0. The zero-order valence-corrected chi connectivity index (χ0v) is 14.2. The van der Waals surface area contributed by atoms with Gasteiger partial charge in [0.15, 0.2) is 6.61 Å². The van der Waals surface area contributed by atoms with E-state index < -0.39 is 11.8 Å². The van der Waals surface area contributed by atoms with E-state index in [4.69, 9.17) is 14.7 Å². The molecule has 0 unspecified atom stereocenters. The van der Waals surface area contributed by atoms with Gasteiger partial charge in [0.25, 0.3) is 5.91 Å². The van der Waals surface area contributed by atoms with Crippen molar-refractivity contribution in [1.82, 2.24) is 15.8 Å². The van der Waals surface area contributed by atoms with Crippen molar-refractivity contribution in [3.05, 3.63) is 29.8 Å². The number of nitrogens with zero attached hydrogens (tertiary/aromatic N) is 2. The van der Waals surface area contributed by atoms with Crippen LogP contribution in [0.2, 0.25) is 0 Å². The Bertz CT molecular complexity index is 677. The number of amides is 3. The molecule has 2 rings (SSSR count). The molecule has 2 N–H and O–H groups in total. The molecule has 1 aliphatic heterocycles. The Morgan fingerprint density at radius 1 is 1.08 bits per heavy atom. The minimum Gasteiger partial charge on any atom is -0.484 e. The molecule has 1 aromatic carbocycles. The van der Waals surface area contributed by atoms with E-state index in [-0.39, 0.29) is 25.4 Å². The molecular formula is C17H20N4O5. The van der Waals surface area contributed by atoms with E-state index >= 15 is 0 Å². The molecule has 0 saturated carbocycles. The molecule has 1 aliphatic rings. The lowest BCUT2D eigenvalue weighted by Crippen LogP contribution is -2.44. The van der Waals surface area contributed by atoms with E-state index in [1.54, 1.807) is 29.2 Å². The second-order valence-electron chi connectivity index (χ2n) is 5.51. The summed E-state index contributed by atoms with van der Waals surface area (Å²) in [7, 11) is 0. The zero-order valence-electron chi connectivity index (χ0n) is 14.2. The standard InChI is InChI=1S/C17H20N4O5/c18-11-13-1-3-14(4-2-13)26-12-16(23)20-19-15(22)5-6-17(24)21-7-9-25-10-8-21/h1-4H,5-10,12H2,(H,19,22)(H,20,23). The molecule has 9 nitrogen and oxygen atoms in total. The van der Waals surface area contributed by atoms with Gasteiger partial charge in [-0.05, 0) is 24.3 Å². The molecule has 0 spiro atoms. The second kappa shape index (κ2) is 10.0. The molecule has 0 bridgehead atoms. The van der Waals surface area contributed by atoms with Gasteiger partial charge < -0.3 is 14.4 Å². The highest BCUT2D eigenvalue weighted by atomic mass is 16.5. The van der Waals surface area contributed by atoms with Crippen LogP contribution in [-0.2, 0) is 19.1 Å². The summed E-state index contributed by atoms with van der Waals surface area (Å²) in [5, 5.41) is 8.70. The number of ether oxygens (including phenoxy) is 2. The third-order valence-electron chi connectivity index (χ3n) is 3.62. The molecule has 1 fully saturated rings. The van der Waals surface area contributed by atoms with E-state index in [0.29, 0.717) is 37.6 Å². The van der Waals surface area contributed by atoms with Crippen LogP contribution in [0, 0.1) is 11.3 Å². The predicted molar refractivity (Wildman–Crippen MR) is 89.6 cm³/mol. The first kappa shape index (κ1) is 19.2. The summed E-state index contributed by atoms with van der Waals surface area (Å²) in [6.07, 6.45) is 0.0520. The van der Waals surface area contributed by atoms with E-state index in [1.165, 1.54) is 0 Å². The van der Waals surface area contributed by atoms with Crippen LogP contribution in [0.25, 0.3) is 0 Å². The fourth-order valence-electron chi connectivity index (χ4n) is 2.20. The highest BCUT2D eigenvalue weighted by Gasteiger charge is 2.17. The summed E-state index contributed by atoms with van der Waals surface area (Å²) in [6, 6.07) is 8.26. The smallest absolute Gasteiger partial charge is 0.276 e. The number of hydrogen-bond acceptors (Lipinski definition) is 6. The van der Waals surface area contributed by atoms with E-state index in [2.05, 4.69) is 10.9 Å². The Labute approximate surface area is 150 Å². The quantitative estimate of drug-likeness (QED) is 0.673. The minimum absolute atomic E-state index is 0.0209. The third kappa shape index (κ3) is 6.41. The molecule has 9 heteroatoms. The van der Waals surface area contributed by atoms with Gasteiger partial charge in [-0.3, -0.25) is 25.2 Å². The molecule has 0 aliphatic carbocycles.